The highest BCUT2D eigenvalue weighted by Crippen LogP contribution is 2.26. The van der Waals surface area contributed by atoms with E-state index in [2.05, 4.69) is 18.0 Å². The molecular weight excluding hydrogens is 170 g/mol. The Morgan fingerprint density at radius 3 is 2.00 bits per heavy atom. The molecule has 0 aliphatic heterocycles. The first kappa shape index (κ1) is 9.61. The Hall–Kier alpha value is -0.390. The van der Waals surface area contributed by atoms with Crippen molar-refractivity contribution in [1.82, 2.24) is 0 Å². The standard InChI is InChI=1S/C4H5F4NS/c5-3(6)4(7,8)1-2(9)10/h3H,1H2,(H2,9,10). The van der Waals surface area contributed by atoms with Gasteiger partial charge in [-0.15, -0.1) is 0 Å². The molecule has 0 bridgehead atoms. The summed E-state index contributed by atoms with van der Waals surface area (Å²) >= 11 is 4.03. The third kappa shape index (κ3) is 2.95. The third-order valence-corrected chi connectivity index (χ3v) is 0.874. The zero-order chi connectivity index (χ0) is 8.36. The molecule has 0 heterocycles. The first-order valence-electron chi connectivity index (χ1n) is 2.30. The van der Waals surface area contributed by atoms with Gasteiger partial charge in [0.15, 0.2) is 0 Å². The normalized spacial score (nSPS) is 12.1. The van der Waals surface area contributed by atoms with Crippen molar-refractivity contribution in [3.05, 3.63) is 0 Å². The first-order valence-corrected chi connectivity index (χ1v) is 2.71. The van der Waals surface area contributed by atoms with Crippen molar-refractivity contribution in [2.24, 2.45) is 5.73 Å². The van der Waals surface area contributed by atoms with Gasteiger partial charge in [0.1, 0.15) is 0 Å². The van der Waals surface area contributed by atoms with Crippen LogP contribution in [0.3, 0.4) is 0 Å². The van der Waals surface area contributed by atoms with Gasteiger partial charge in [0, 0.05) is 0 Å². The van der Waals surface area contributed by atoms with E-state index >= 15 is 0 Å². The Kier molecular flexibility index (Phi) is 3.01. The minimum atomic E-state index is -4.08. The molecule has 0 rings (SSSR count). The quantitative estimate of drug-likeness (QED) is 0.520. The SMILES string of the molecule is NC(=S)CC(F)(F)C(F)F. The van der Waals surface area contributed by atoms with Gasteiger partial charge in [0.25, 0.3) is 0 Å². The van der Waals surface area contributed by atoms with E-state index in [1.807, 2.05) is 0 Å². The summed E-state index contributed by atoms with van der Waals surface area (Å²) in [6, 6.07) is 0. The third-order valence-electron chi connectivity index (χ3n) is 0.729. The summed E-state index contributed by atoms with van der Waals surface area (Å²) in [5, 5.41) is 0. The minimum absolute atomic E-state index is 0.606. The molecule has 0 spiro atoms. The maximum absolute atomic E-state index is 11.9. The van der Waals surface area contributed by atoms with Gasteiger partial charge in [-0.1, -0.05) is 12.2 Å². The van der Waals surface area contributed by atoms with Crippen molar-refractivity contribution in [1.29, 1.82) is 0 Å². The number of rotatable bonds is 3. The summed E-state index contributed by atoms with van der Waals surface area (Å²) in [6.07, 6.45) is -4.94. The maximum atomic E-state index is 11.9. The monoisotopic (exact) mass is 175 g/mol. The van der Waals surface area contributed by atoms with Crippen molar-refractivity contribution in [3.63, 3.8) is 0 Å². The Morgan fingerprint density at radius 1 is 1.50 bits per heavy atom. The van der Waals surface area contributed by atoms with Crippen LogP contribution in [0.1, 0.15) is 6.42 Å². The van der Waals surface area contributed by atoms with Crippen LogP contribution >= 0.6 is 12.2 Å². The number of hydrogen-bond donors (Lipinski definition) is 1. The molecule has 1 nitrogen and oxygen atoms in total. The molecule has 0 amide bonds. The minimum Gasteiger partial charge on any atom is -0.393 e. The fraction of sp³-hybridized carbons (Fsp3) is 0.750. The molecule has 0 aliphatic carbocycles. The van der Waals surface area contributed by atoms with Crippen molar-refractivity contribution < 1.29 is 17.6 Å². The predicted molar refractivity (Wildman–Crippen MR) is 32.4 cm³/mol. The zero-order valence-corrected chi connectivity index (χ0v) is 5.60. The summed E-state index contributed by atoms with van der Waals surface area (Å²) in [6.45, 7) is 0. The molecule has 0 aromatic carbocycles. The van der Waals surface area contributed by atoms with E-state index in [0.29, 0.717) is 0 Å². The lowest BCUT2D eigenvalue weighted by Crippen LogP contribution is -2.31. The zero-order valence-electron chi connectivity index (χ0n) is 4.78. The summed E-state index contributed by atoms with van der Waals surface area (Å²) in [5.74, 6) is -4.08. The lowest BCUT2D eigenvalue weighted by Gasteiger charge is -2.12. The van der Waals surface area contributed by atoms with E-state index in [0.717, 1.165) is 0 Å². The van der Waals surface area contributed by atoms with Crippen LogP contribution in [0.5, 0.6) is 0 Å². The molecule has 0 saturated heterocycles. The van der Waals surface area contributed by atoms with Crippen LogP contribution in [0.2, 0.25) is 0 Å². The van der Waals surface area contributed by atoms with Gasteiger partial charge in [0.2, 0.25) is 0 Å². The smallest absolute Gasteiger partial charge is 0.313 e. The largest absolute Gasteiger partial charge is 0.393 e. The average molecular weight is 175 g/mol. The molecule has 0 fully saturated rings. The van der Waals surface area contributed by atoms with Crippen LogP contribution in [-0.4, -0.2) is 17.3 Å². The van der Waals surface area contributed by atoms with Gasteiger partial charge in [-0.2, -0.15) is 8.78 Å². The van der Waals surface area contributed by atoms with Crippen molar-refractivity contribution in [2.75, 3.05) is 0 Å². The van der Waals surface area contributed by atoms with E-state index in [4.69, 9.17) is 0 Å². The Bertz CT molecular complexity index is 135. The molecule has 60 valence electrons. The van der Waals surface area contributed by atoms with Gasteiger partial charge in [-0.05, 0) is 0 Å². The van der Waals surface area contributed by atoms with Gasteiger partial charge in [-0.25, -0.2) is 8.78 Å². The Labute approximate surface area is 60.2 Å². The number of halogens is 4. The van der Waals surface area contributed by atoms with Crippen LogP contribution < -0.4 is 5.73 Å². The molecule has 2 N–H and O–H groups in total. The van der Waals surface area contributed by atoms with Crippen LogP contribution in [-0.2, 0) is 0 Å². The molecule has 0 atom stereocenters. The fourth-order valence-electron chi connectivity index (χ4n) is 0.309. The second kappa shape index (κ2) is 3.14. The summed E-state index contributed by atoms with van der Waals surface area (Å²) in [5.41, 5.74) is 4.63. The second-order valence-electron chi connectivity index (χ2n) is 1.70. The predicted octanol–water partition coefficient (Wildman–Crippen LogP) is 1.56. The number of nitrogens with two attached hydrogens (primary N) is 1. The highest BCUT2D eigenvalue weighted by molar-refractivity contribution is 7.80. The lowest BCUT2D eigenvalue weighted by atomic mass is 10.2. The van der Waals surface area contributed by atoms with Gasteiger partial charge < -0.3 is 5.73 Å². The average Bonchev–Trinajstić information content (AvgIpc) is 1.60. The van der Waals surface area contributed by atoms with Crippen LogP contribution in [0, 0.1) is 0 Å². The van der Waals surface area contributed by atoms with Gasteiger partial charge in [-0.3, -0.25) is 0 Å². The molecule has 0 unspecified atom stereocenters. The fourth-order valence-corrected chi connectivity index (χ4v) is 0.502. The van der Waals surface area contributed by atoms with E-state index in [-0.39, 0.29) is 0 Å². The van der Waals surface area contributed by atoms with Crippen LogP contribution in [0.15, 0.2) is 0 Å². The van der Waals surface area contributed by atoms with E-state index in [9.17, 15) is 17.6 Å². The van der Waals surface area contributed by atoms with Crippen LogP contribution in [0.4, 0.5) is 17.6 Å². The van der Waals surface area contributed by atoms with Crippen molar-refractivity contribution >= 4 is 17.2 Å². The van der Waals surface area contributed by atoms with E-state index < -0.39 is 23.8 Å². The second-order valence-corrected chi connectivity index (χ2v) is 2.23. The molecule has 0 aliphatic rings. The van der Waals surface area contributed by atoms with Crippen molar-refractivity contribution in [3.8, 4) is 0 Å². The van der Waals surface area contributed by atoms with Crippen LogP contribution in [0.25, 0.3) is 0 Å². The number of hydrogen-bond acceptors (Lipinski definition) is 1. The van der Waals surface area contributed by atoms with Gasteiger partial charge >= 0.3 is 12.3 Å². The number of alkyl halides is 4. The molecule has 0 radical (unpaired) electrons. The highest BCUT2D eigenvalue weighted by atomic mass is 32.1. The first-order chi connectivity index (χ1) is 4.36. The van der Waals surface area contributed by atoms with E-state index in [1.165, 1.54) is 0 Å². The van der Waals surface area contributed by atoms with Gasteiger partial charge in [0.05, 0.1) is 11.4 Å². The van der Waals surface area contributed by atoms with E-state index in [1.54, 1.807) is 0 Å². The lowest BCUT2D eigenvalue weighted by molar-refractivity contribution is -0.122. The Balaban J connectivity index is 3.99. The summed E-state index contributed by atoms with van der Waals surface area (Å²) in [7, 11) is 0. The molecule has 10 heavy (non-hydrogen) atoms. The molecular formula is C4H5F4NS. The molecule has 0 aromatic rings. The topological polar surface area (TPSA) is 26.0 Å². The number of thiocarbonyl (C=S) groups is 1. The molecule has 6 heteroatoms. The highest BCUT2D eigenvalue weighted by Gasteiger charge is 2.40. The summed E-state index contributed by atoms with van der Waals surface area (Å²) in [4.78, 5) is -0.606. The molecule has 0 saturated carbocycles. The van der Waals surface area contributed by atoms with Crippen molar-refractivity contribution in [2.45, 2.75) is 18.8 Å². The Morgan fingerprint density at radius 2 is 1.90 bits per heavy atom. The summed E-state index contributed by atoms with van der Waals surface area (Å²) < 4.78 is 46.4. The molecule has 0 aromatic heterocycles. The maximum Gasteiger partial charge on any atom is 0.313 e.